The highest BCUT2D eigenvalue weighted by atomic mass is 16.2. The molecule has 1 aromatic rings. The number of carbonyl (C=O) groups is 1. The third-order valence-corrected chi connectivity index (χ3v) is 4.12. The molecule has 1 saturated heterocycles. The van der Waals surface area contributed by atoms with Crippen molar-refractivity contribution in [1.82, 2.24) is 4.90 Å². The van der Waals surface area contributed by atoms with E-state index in [0.717, 1.165) is 30.6 Å². The second kappa shape index (κ2) is 6.09. The smallest absolute Gasteiger partial charge is 0.230 e. The highest BCUT2D eigenvalue weighted by Gasteiger charge is 2.26. The third-order valence-electron chi connectivity index (χ3n) is 4.12. The first kappa shape index (κ1) is 13.9. The molecule has 2 unspecified atom stereocenters. The minimum absolute atomic E-state index is 0.107. The predicted octanol–water partition coefficient (Wildman–Crippen LogP) is 3.16. The third kappa shape index (κ3) is 3.28. The second-order valence-corrected chi connectivity index (χ2v) is 5.62. The minimum atomic E-state index is -0.107. The van der Waals surface area contributed by atoms with Crippen LogP contribution in [0.5, 0.6) is 0 Å². The number of likely N-dealkylation sites (tertiary alicyclic amines) is 1. The van der Waals surface area contributed by atoms with Gasteiger partial charge in [0.2, 0.25) is 5.91 Å². The molecule has 2 atom stereocenters. The SMILES string of the molecule is CC(C(=O)N1CCCCCC1C)c1cccc(N)c1. The van der Waals surface area contributed by atoms with Crippen LogP contribution in [0.1, 0.15) is 51.0 Å². The van der Waals surface area contributed by atoms with E-state index >= 15 is 0 Å². The van der Waals surface area contributed by atoms with Gasteiger partial charge in [-0.2, -0.15) is 0 Å². The van der Waals surface area contributed by atoms with Crippen molar-refractivity contribution in [3.63, 3.8) is 0 Å². The summed E-state index contributed by atoms with van der Waals surface area (Å²) in [4.78, 5) is 14.7. The molecule has 1 amide bonds. The maximum absolute atomic E-state index is 12.7. The first-order valence-electron chi connectivity index (χ1n) is 7.25. The van der Waals surface area contributed by atoms with E-state index in [9.17, 15) is 4.79 Å². The number of hydrogen-bond acceptors (Lipinski definition) is 2. The highest BCUT2D eigenvalue weighted by molar-refractivity contribution is 5.84. The molecule has 104 valence electrons. The Labute approximate surface area is 115 Å². The van der Waals surface area contributed by atoms with Gasteiger partial charge in [-0.15, -0.1) is 0 Å². The Kier molecular flexibility index (Phi) is 4.46. The fraction of sp³-hybridized carbons (Fsp3) is 0.562. The summed E-state index contributed by atoms with van der Waals surface area (Å²) >= 11 is 0. The van der Waals surface area contributed by atoms with Gasteiger partial charge in [-0.1, -0.05) is 25.0 Å². The predicted molar refractivity (Wildman–Crippen MR) is 78.9 cm³/mol. The van der Waals surface area contributed by atoms with E-state index in [1.807, 2.05) is 31.2 Å². The molecule has 1 aliphatic heterocycles. The Morgan fingerprint density at radius 2 is 2.16 bits per heavy atom. The number of amides is 1. The molecule has 2 rings (SSSR count). The number of rotatable bonds is 2. The van der Waals surface area contributed by atoms with Crippen molar-refractivity contribution >= 4 is 11.6 Å². The van der Waals surface area contributed by atoms with Crippen LogP contribution in [0.15, 0.2) is 24.3 Å². The van der Waals surface area contributed by atoms with Crippen LogP contribution in [-0.2, 0) is 4.79 Å². The average molecular weight is 260 g/mol. The molecular formula is C16H24N2O. The topological polar surface area (TPSA) is 46.3 Å². The van der Waals surface area contributed by atoms with Crippen LogP contribution < -0.4 is 5.73 Å². The lowest BCUT2D eigenvalue weighted by Gasteiger charge is -2.30. The molecule has 3 nitrogen and oxygen atoms in total. The molecule has 2 N–H and O–H groups in total. The van der Waals surface area contributed by atoms with Gasteiger partial charge in [0.05, 0.1) is 5.92 Å². The van der Waals surface area contributed by atoms with Gasteiger partial charge in [0.25, 0.3) is 0 Å². The van der Waals surface area contributed by atoms with Crippen LogP contribution in [0, 0.1) is 0 Å². The Balaban J connectivity index is 2.13. The Hall–Kier alpha value is -1.51. The summed E-state index contributed by atoms with van der Waals surface area (Å²) in [6.07, 6.45) is 4.72. The van der Waals surface area contributed by atoms with E-state index in [1.54, 1.807) is 0 Å². The van der Waals surface area contributed by atoms with E-state index in [2.05, 4.69) is 11.8 Å². The molecule has 0 radical (unpaired) electrons. The summed E-state index contributed by atoms with van der Waals surface area (Å²) in [5, 5.41) is 0. The van der Waals surface area contributed by atoms with Gasteiger partial charge in [-0.25, -0.2) is 0 Å². The molecule has 1 heterocycles. The largest absolute Gasteiger partial charge is 0.399 e. The zero-order valence-corrected chi connectivity index (χ0v) is 11.9. The average Bonchev–Trinajstić information content (AvgIpc) is 2.62. The van der Waals surface area contributed by atoms with Crippen LogP contribution in [0.2, 0.25) is 0 Å². The number of anilines is 1. The van der Waals surface area contributed by atoms with Crippen LogP contribution >= 0.6 is 0 Å². The Morgan fingerprint density at radius 1 is 1.37 bits per heavy atom. The zero-order chi connectivity index (χ0) is 13.8. The van der Waals surface area contributed by atoms with Gasteiger partial charge >= 0.3 is 0 Å². The number of nitrogens with two attached hydrogens (primary N) is 1. The maximum atomic E-state index is 12.7. The number of benzene rings is 1. The van der Waals surface area contributed by atoms with E-state index in [0.29, 0.717) is 6.04 Å². The van der Waals surface area contributed by atoms with Crippen molar-refractivity contribution in [1.29, 1.82) is 0 Å². The monoisotopic (exact) mass is 260 g/mol. The molecule has 1 fully saturated rings. The number of nitrogens with zero attached hydrogens (tertiary/aromatic N) is 1. The van der Waals surface area contributed by atoms with Gasteiger partial charge < -0.3 is 10.6 Å². The van der Waals surface area contributed by atoms with Gasteiger partial charge in [-0.3, -0.25) is 4.79 Å². The molecule has 0 aliphatic carbocycles. The fourth-order valence-corrected chi connectivity index (χ4v) is 2.82. The summed E-state index contributed by atoms with van der Waals surface area (Å²) in [7, 11) is 0. The van der Waals surface area contributed by atoms with E-state index < -0.39 is 0 Å². The second-order valence-electron chi connectivity index (χ2n) is 5.62. The lowest BCUT2D eigenvalue weighted by atomic mass is 9.98. The summed E-state index contributed by atoms with van der Waals surface area (Å²) < 4.78 is 0. The minimum Gasteiger partial charge on any atom is -0.399 e. The summed E-state index contributed by atoms with van der Waals surface area (Å²) in [5.41, 5.74) is 7.54. The van der Waals surface area contributed by atoms with Gasteiger partial charge in [0.15, 0.2) is 0 Å². The number of nitrogen functional groups attached to an aromatic ring is 1. The quantitative estimate of drug-likeness (QED) is 0.830. The molecule has 3 heteroatoms. The Bertz CT molecular complexity index is 444. The lowest BCUT2D eigenvalue weighted by molar-refractivity contribution is -0.134. The van der Waals surface area contributed by atoms with E-state index in [1.165, 1.54) is 12.8 Å². The first-order valence-corrected chi connectivity index (χ1v) is 7.25. The number of carbonyl (C=O) groups excluding carboxylic acids is 1. The van der Waals surface area contributed by atoms with E-state index in [4.69, 9.17) is 5.73 Å². The lowest BCUT2D eigenvalue weighted by Crippen LogP contribution is -2.40. The molecule has 19 heavy (non-hydrogen) atoms. The highest BCUT2D eigenvalue weighted by Crippen LogP contribution is 2.24. The Morgan fingerprint density at radius 3 is 2.89 bits per heavy atom. The van der Waals surface area contributed by atoms with Crippen molar-refractivity contribution < 1.29 is 4.79 Å². The van der Waals surface area contributed by atoms with Crippen molar-refractivity contribution in [3.05, 3.63) is 29.8 Å². The van der Waals surface area contributed by atoms with Crippen molar-refractivity contribution in [3.8, 4) is 0 Å². The first-order chi connectivity index (χ1) is 9.09. The van der Waals surface area contributed by atoms with Gasteiger partial charge in [-0.05, 0) is 44.4 Å². The van der Waals surface area contributed by atoms with Crippen molar-refractivity contribution in [2.75, 3.05) is 12.3 Å². The zero-order valence-electron chi connectivity index (χ0n) is 11.9. The van der Waals surface area contributed by atoms with Crippen molar-refractivity contribution in [2.24, 2.45) is 0 Å². The van der Waals surface area contributed by atoms with E-state index in [-0.39, 0.29) is 11.8 Å². The molecular weight excluding hydrogens is 236 g/mol. The molecule has 0 spiro atoms. The molecule has 1 aliphatic rings. The molecule has 0 bridgehead atoms. The molecule has 0 aromatic heterocycles. The normalized spacial score (nSPS) is 21.8. The molecule has 1 aromatic carbocycles. The fourth-order valence-electron chi connectivity index (χ4n) is 2.82. The van der Waals surface area contributed by atoms with Gasteiger partial charge in [0, 0.05) is 18.3 Å². The maximum Gasteiger partial charge on any atom is 0.230 e. The van der Waals surface area contributed by atoms with Crippen molar-refractivity contribution in [2.45, 2.75) is 51.5 Å². The number of hydrogen-bond donors (Lipinski definition) is 1. The van der Waals surface area contributed by atoms with Crippen LogP contribution in [0.4, 0.5) is 5.69 Å². The molecule has 0 saturated carbocycles. The standard InChI is InChI=1S/C16H24N2O/c1-12-7-4-3-5-10-18(12)16(19)13(2)14-8-6-9-15(17)11-14/h6,8-9,11-13H,3-5,7,10,17H2,1-2H3. The van der Waals surface area contributed by atoms with Crippen LogP contribution in [-0.4, -0.2) is 23.4 Å². The van der Waals surface area contributed by atoms with Crippen LogP contribution in [0.25, 0.3) is 0 Å². The summed E-state index contributed by atoms with van der Waals surface area (Å²) in [6.45, 7) is 5.04. The van der Waals surface area contributed by atoms with Gasteiger partial charge in [0.1, 0.15) is 0 Å². The summed E-state index contributed by atoms with van der Waals surface area (Å²) in [5.74, 6) is 0.129. The van der Waals surface area contributed by atoms with Crippen LogP contribution in [0.3, 0.4) is 0 Å². The summed E-state index contributed by atoms with van der Waals surface area (Å²) in [6, 6.07) is 8.03.